The number of rotatable bonds is 4. The molecular formula is C17H21N3. The van der Waals surface area contributed by atoms with Crippen LogP contribution in [0.3, 0.4) is 0 Å². The fourth-order valence-electron chi connectivity index (χ4n) is 2.77. The molecule has 3 heteroatoms. The minimum absolute atomic E-state index is 0.342. The molecule has 0 fully saturated rings. The van der Waals surface area contributed by atoms with Crippen LogP contribution in [0.25, 0.3) is 0 Å². The molecule has 2 aromatic rings. The molecule has 0 radical (unpaired) electrons. The molecule has 1 atom stereocenters. The molecule has 3 rings (SSSR count). The number of benzene rings is 1. The van der Waals surface area contributed by atoms with Gasteiger partial charge in [0.2, 0.25) is 0 Å². The number of likely N-dealkylation sites (N-methyl/N-ethyl adjacent to an activating group) is 1. The van der Waals surface area contributed by atoms with Gasteiger partial charge in [-0.05, 0) is 48.2 Å². The summed E-state index contributed by atoms with van der Waals surface area (Å²) in [5.41, 5.74) is 5.50. The summed E-state index contributed by atoms with van der Waals surface area (Å²) < 4.78 is 0. The maximum absolute atomic E-state index is 4.06. The Labute approximate surface area is 120 Å². The highest BCUT2D eigenvalue weighted by Gasteiger charge is 2.15. The Morgan fingerprint density at radius 1 is 1.25 bits per heavy atom. The van der Waals surface area contributed by atoms with E-state index in [-0.39, 0.29) is 0 Å². The van der Waals surface area contributed by atoms with Crippen molar-refractivity contribution in [1.82, 2.24) is 10.3 Å². The smallest absolute Gasteiger partial charge is 0.0397 e. The fourth-order valence-corrected chi connectivity index (χ4v) is 2.77. The third kappa shape index (κ3) is 2.68. The first-order valence-electron chi connectivity index (χ1n) is 7.20. The molecule has 0 saturated heterocycles. The first kappa shape index (κ1) is 13.1. The van der Waals surface area contributed by atoms with Gasteiger partial charge >= 0.3 is 0 Å². The first-order chi connectivity index (χ1) is 9.74. The van der Waals surface area contributed by atoms with Crippen LogP contribution >= 0.6 is 0 Å². The van der Waals surface area contributed by atoms with Gasteiger partial charge in [-0.1, -0.05) is 12.1 Å². The molecule has 1 N–H and O–H groups in total. The van der Waals surface area contributed by atoms with Crippen molar-refractivity contribution in [1.29, 1.82) is 0 Å². The molecule has 0 saturated carbocycles. The summed E-state index contributed by atoms with van der Waals surface area (Å²) in [7, 11) is 2.16. The van der Waals surface area contributed by atoms with E-state index in [0.29, 0.717) is 6.04 Å². The van der Waals surface area contributed by atoms with Crippen molar-refractivity contribution in [3.8, 4) is 0 Å². The normalized spacial score (nSPS) is 15.2. The van der Waals surface area contributed by atoms with Crippen molar-refractivity contribution in [3.63, 3.8) is 0 Å². The van der Waals surface area contributed by atoms with Crippen LogP contribution in [0.4, 0.5) is 5.69 Å². The van der Waals surface area contributed by atoms with Gasteiger partial charge in [0.1, 0.15) is 0 Å². The van der Waals surface area contributed by atoms with E-state index in [2.05, 4.69) is 59.5 Å². The largest absolute Gasteiger partial charge is 0.374 e. The molecule has 2 heterocycles. The molecular weight excluding hydrogens is 246 g/mol. The van der Waals surface area contributed by atoms with Crippen molar-refractivity contribution in [2.75, 3.05) is 18.5 Å². The Morgan fingerprint density at radius 3 is 2.85 bits per heavy atom. The number of fused-ring (bicyclic) bond motifs is 1. The van der Waals surface area contributed by atoms with E-state index >= 15 is 0 Å². The minimum atomic E-state index is 0.342. The lowest BCUT2D eigenvalue weighted by Crippen LogP contribution is -2.18. The minimum Gasteiger partial charge on any atom is -0.374 e. The molecule has 3 nitrogen and oxygen atoms in total. The summed E-state index contributed by atoms with van der Waals surface area (Å²) in [5, 5.41) is 3.58. The third-order valence-corrected chi connectivity index (χ3v) is 4.09. The van der Waals surface area contributed by atoms with E-state index in [1.807, 2.05) is 12.4 Å². The highest BCUT2D eigenvalue weighted by atomic mass is 15.1. The van der Waals surface area contributed by atoms with Gasteiger partial charge in [0.05, 0.1) is 0 Å². The molecule has 0 amide bonds. The molecule has 1 aromatic carbocycles. The number of aromatic nitrogens is 1. The van der Waals surface area contributed by atoms with Gasteiger partial charge < -0.3 is 10.2 Å². The molecule has 1 aliphatic heterocycles. The Balaban J connectivity index is 1.64. The maximum Gasteiger partial charge on any atom is 0.0397 e. The highest BCUT2D eigenvalue weighted by molar-refractivity contribution is 5.58. The van der Waals surface area contributed by atoms with Crippen molar-refractivity contribution >= 4 is 5.69 Å². The van der Waals surface area contributed by atoms with Gasteiger partial charge in [-0.3, -0.25) is 4.98 Å². The number of hydrogen-bond acceptors (Lipinski definition) is 3. The average Bonchev–Trinajstić information content (AvgIpc) is 2.87. The second kappa shape index (κ2) is 5.63. The van der Waals surface area contributed by atoms with Gasteiger partial charge in [-0.2, -0.15) is 0 Å². The molecule has 0 unspecified atom stereocenters. The molecule has 104 valence electrons. The van der Waals surface area contributed by atoms with Gasteiger partial charge in [-0.15, -0.1) is 0 Å². The van der Waals surface area contributed by atoms with E-state index in [4.69, 9.17) is 0 Å². The predicted octanol–water partition coefficient (Wildman–Crippen LogP) is 2.92. The quantitative estimate of drug-likeness (QED) is 0.923. The van der Waals surface area contributed by atoms with Crippen molar-refractivity contribution in [3.05, 3.63) is 59.4 Å². The first-order valence-corrected chi connectivity index (χ1v) is 7.20. The van der Waals surface area contributed by atoms with Crippen LogP contribution in [0, 0.1) is 0 Å². The lowest BCUT2D eigenvalue weighted by atomic mass is 10.1. The van der Waals surface area contributed by atoms with Crippen LogP contribution in [0.2, 0.25) is 0 Å². The summed E-state index contributed by atoms with van der Waals surface area (Å²) in [5.74, 6) is 0. The lowest BCUT2D eigenvalue weighted by molar-refractivity contribution is 0.574. The number of pyridine rings is 1. The number of hydrogen-bond donors (Lipinski definition) is 1. The van der Waals surface area contributed by atoms with E-state index in [1.54, 1.807) is 0 Å². The van der Waals surface area contributed by atoms with Gasteiger partial charge in [0, 0.05) is 44.3 Å². The zero-order valence-electron chi connectivity index (χ0n) is 12.1. The molecule has 0 aliphatic carbocycles. The summed E-state index contributed by atoms with van der Waals surface area (Å²) in [6, 6.07) is 11.3. The molecule has 20 heavy (non-hydrogen) atoms. The Bertz CT molecular complexity index is 580. The topological polar surface area (TPSA) is 28.2 Å². The Kier molecular flexibility index (Phi) is 3.70. The summed E-state index contributed by atoms with van der Waals surface area (Å²) in [4.78, 5) is 6.39. The van der Waals surface area contributed by atoms with Crippen LogP contribution < -0.4 is 10.2 Å². The number of nitrogens with zero attached hydrogens (tertiary/aromatic N) is 2. The zero-order valence-corrected chi connectivity index (χ0v) is 12.1. The van der Waals surface area contributed by atoms with Gasteiger partial charge in [0.25, 0.3) is 0 Å². The third-order valence-electron chi connectivity index (χ3n) is 4.09. The van der Waals surface area contributed by atoms with E-state index in [0.717, 1.165) is 13.1 Å². The average molecular weight is 267 g/mol. The molecule has 0 bridgehead atoms. The van der Waals surface area contributed by atoms with Gasteiger partial charge in [-0.25, -0.2) is 0 Å². The monoisotopic (exact) mass is 267 g/mol. The molecule has 0 spiro atoms. The number of nitrogens with one attached hydrogen (secondary N) is 1. The second-order valence-electron chi connectivity index (χ2n) is 5.52. The fraction of sp³-hybridized carbons (Fsp3) is 0.353. The maximum atomic E-state index is 4.06. The highest BCUT2D eigenvalue weighted by Crippen LogP contribution is 2.27. The Hall–Kier alpha value is -1.87. The Morgan fingerprint density at radius 2 is 2.05 bits per heavy atom. The van der Waals surface area contributed by atoms with Crippen molar-refractivity contribution in [2.45, 2.75) is 25.9 Å². The zero-order chi connectivity index (χ0) is 13.9. The summed E-state index contributed by atoms with van der Waals surface area (Å²) in [6.45, 7) is 4.23. The van der Waals surface area contributed by atoms with Crippen LogP contribution in [0.5, 0.6) is 0 Å². The molecule has 1 aromatic heterocycles. The van der Waals surface area contributed by atoms with Crippen LogP contribution in [-0.4, -0.2) is 18.6 Å². The lowest BCUT2D eigenvalue weighted by Gasteiger charge is -2.15. The predicted molar refractivity (Wildman–Crippen MR) is 82.9 cm³/mol. The molecule has 1 aliphatic rings. The summed E-state index contributed by atoms with van der Waals surface area (Å²) >= 11 is 0. The van der Waals surface area contributed by atoms with Crippen LogP contribution in [0.1, 0.15) is 29.7 Å². The SMILES string of the molecule is C[C@H](NCc1ccc2c(c1)CCN2C)c1ccncc1. The van der Waals surface area contributed by atoms with Crippen molar-refractivity contribution < 1.29 is 0 Å². The van der Waals surface area contributed by atoms with E-state index in [1.165, 1.54) is 28.8 Å². The summed E-state index contributed by atoms with van der Waals surface area (Å²) in [6.07, 6.45) is 4.86. The van der Waals surface area contributed by atoms with Crippen molar-refractivity contribution in [2.24, 2.45) is 0 Å². The van der Waals surface area contributed by atoms with E-state index < -0.39 is 0 Å². The van der Waals surface area contributed by atoms with Crippen LogP contribution in [0.15, 0.2) is 42.7 Å². The van der Waals surface area contributed by atoms with E-state index in [9.17, 15) is 0 Å². The second-order valence-corrected chi connectivity index (χ2v) is 5.52. The number of anilines is 1. The standard InChI is InChI=1S/C17H21N3/c1-13(15-5-8-18-9-6-15)19-12-14-3-4-17-16(11-14)7-10-20(17)2/h3-6,8-9,11,13,19H,7,10,12H2,1-2H3/t13-/m0/s1. The van der Waals surface area contributed by atoms with Crippen LogP contribution in [-0.2, 0) is 13.0 Å². The van der Waals surface area contributed by atoms with Gasteiger partial charge in [0.15, 0.2) is 0 Å².